The number of ether oxygens (including phenoxy) is 1. The lowest BCUT2D eigenvalue weighted by Gasteiger charge is -2.28. The molecule has 0 unspecified atom stereocenters. The maximum atomic E-state index is 13.1. The van der Waals surface area contributed by atoms with Gasteiger partial charge >= 0.3 is 0 Å². The van der Waals surface area contributed by atoms with E-state index in [0.29, 0.717) is 30.4 Å². The van der Waals surface area contributed by atoms with Gasteiger partial charge in [-0.05, 0) is 12.5 Å². The van der Waals surface area contributed by atoms with Crippen LogP contribution in [0.5, 0.6) is 0 Å². The van der Waals surface area contributed by atoms with Gasteiger partial charge in [0.1, 0.15) is 0 Å². The van der Waals surface area contributed by atoms with Crippen molar-refractivity contribution < 1.29 is 4.74 Å². The second-order valence-corrected chi connectivity index (χ2v) is 6.84. The highest BCUT2D eigenvalue weighted by Crippen LogP contribution is 2.24. The number of imidazole rings is 1. The van der Waals surface area contributed by atoms with Crippen molar-refractivity contribution in [3.63, 3.8) is 0 Å². The Kier molecular flexibility index (Phi) is 4.36. The maximum absolute atomic E-state index is 13.1. The molecule has 1 saturated heterocycles. The van der Waals surface area contributed by atoms with E-state index in [-0.39, 0.29) is 5.56 Å². The number of aromatic amines is 1. The normalized spacial score (nSPS) is 14.6. The molecule has 9 heteroatoms. The van der Waals surface area contributed by atoms with E-state index < -0.39 is 0 Å². The van der Waals surface area contributed by atoms with Crippen LogP contribution in [-0.4, -0.2) is 55.6 Å². The lowest BCUT2D eigenvalue weighted by molar-refractivity contribution is 0.122. The molecule has 1 aromatic carbocycles. The number of rotatable bonds is 4. The Labute approximate surface area is 166 Å². The van der Waals surface area contributed by atoms with Crippen LogP contribution in [0.25, 0.3) is 28.2 Å². The van der Waals surface area contributed by atoms with Crippen molar-refractivity contribution in [1.29, 1.82) is 0 Å². The van der Waals surface area contributed by atoms with Gasteiger partial charge in [0, 0.05) is 25.8 Å². The van der Waals surface area contributed by atoms with E-state index in [2.05, 4.69) is 20.0 Å². The SMILES string of the molecule is CCn1cnc2c(N3CCOCC3)nc(-n3[nH]cc(-c4ccccc4)c3=O)nc21. The average Bonchev–Trinajstić information content (AvgIpc) is 3.37. The zero-order valence-electron chi connectivity index (χ0n) is 16.1. The van der Waals surface area contributed by atoms with Crippen molar-refractivity contribution in [2.24, 2.45) is 0 Å². The number of fused-ring (bicyclic) bond motifs is 1. The van der Waals surface area contributed by atoms with Gasteiger partial charge in [-0.25, -0.2) is 4.98 Å². The standard InChI is InChI=1S/C20H21N7O2/c1-2-25-13-21-16-17(25)23-20(24-18(16)26-8-10-29-11-9-26)27-19(28)15(12-22-27)14-6-4-3-5-7-14/h3-7,12-13,22H,2,8-11H2,1H3. The Morgan fingerprint density at radius 3 is 2.69 bits per heavy atom. The summed E-state index contributed by atoms with van der Waals surface area (Å²) in [6.07, 6.45) is 3.46. The third-order valence-electron chi connectivity index (χ3n) is 5.14. The molecule has 0 bridgehead atoms. The van der Waals surface area contributed by atoms with Crippen LogP contribution in [0.15, 0.2) is 47.7 Å². The van der Waals surface area contributed by atoms with E-state index >= 15 is 0 Å². The Morgan fingerprint density at radius 2 is 1.93 bits per heavy atom. The Hall–Kier alpha value is -3.46. The van der Waals surface area contributed by atoms with Crippen molar-refractivity contribution in [3.05, 3.63) is 53.2 Å². The summed E-state index contributed by atoms with van der Waals surface area (Å²) in [5.74, 6) is 1.03. The first-order valence-electron chi connectivity index (χ1n) is 9.68. The Bertz CT molecular complexity index is 1200. The number of H-pyrrole nitrogens is 1. The predicted octanol–water partition coefficient (Wildman–Crippen LogP) is 1.83. The molecule has 9 nitrogen and oxygen atoms in total. The highest BCUT2D eigenvalue weighted by molar-refractivity contribution is 5.84. The second-order valence-electron chi connectivity index (χ2n) is 6.84. The fraction of sp³-hybridized carbons (Fsp3) is 0.300. The first-order chi connectivity index (χ1) is 14.3. The average molecular weight is 391 g/mol. The molecule has 1 aliphatic heterocycles. The molecule has 0 radical (unpaired) electrons. The molecule has 29 heavy (non-hydrogen) atoms. The number of nitrogens with zero attached hydrogens (tertiary/aromatic N) is 6. The third-order valence-corrected chi connectivity index (χ3v) is 5.14. The summed E-state index contributed by atoms with van der Waals surface area (Å²) >= 11 is 0. The molecular formula is C20H21N7O2. The molecule has 0 spiro atoms. The highest BCUT2D eigenvalue weighted by atomic mass is 16.5. The lowest BCUT2D eigenvalue weighted by atomic mass is 10.1. The molecule has 1 fully saturated rings. The van der Waals surface area contributed by atoms with Gasteiger partial charge in [-0.3, -0.25) is 9.89 Å². The van der Waals surface area contributed by atoms with Crippen LogP contribution in [0, 0.1) is 0 Å². The monoisotopic (exact) mass is 391 g/mol. The van der Waals surface area contributed by atoms with E-state index in [1.54, 1.807) is 12.5 Å². The molecule has 4 heterocycles. The fourth-order valence-corrected chi connectivity index (χ4v) is 3.59. The summed E-state index contributed by atoms with van der Waals surface area (Å²) in [6.45, 7) is 5.47. The van der Waals surface area contributed by atoms with Crippen molar-refractivity contribution >= 4 is 17.0 Å². The van der Waals surface area contributed by atoms with Crippen molar-refractivity contribution in [3.8, 4) is 17.1 Å². The van der Waals surface area contributed by atoms with Crippen LogP contribution in [0.2, 0.25) is 0 Å². The van der Waals surface area contributed by atoms with Crippen molar-refractivity contribution in [2.75, 3.05) is 31.2 Å². The first kappa shape index (κ1) is 17.6. The third kappa shape index (κ3) is 2.99. The number of anilines is 1. The largest absolute Gasteiger partial charge is 0.378 e. The van der Waals surface area contributed by atoms with Gasteiger partial charge < -0.3 is 14.2 Å². The van der Waals surface area contributed by atoms with Gasteiger partial charge in [0.2, 0.25) is 0 Å². The molecule has 148 valence electrons. The number of nitrogens with one attached hydrogen (secondary N) is 1. The van der Waals surface area contributed by atoms with Gasteiger partial charge in [-0.1, -0.05) is 30.3 Å². The number of hydrogen-bond donors (Lipinski definition) is 1. The molecule has 1 aliphatic rings. The molecule has 0 saturated carbocycles. The van der Waals surface area contributed by atoms with Crippen LogP contribution >= 0.6 is 0 Å². The lowest BCUT2D eigenvalue weighted by Crippen LogP contribution is -2.37. The van der Waals surface area contributed by atoms with E-state index in [0.717, 1.165) is 36.5 Å². The molecule has 0 atom stereocenters. The topological polar surface area (TPSA) is 93.9 Å². The first-order valence-corrected chi connectivity index (χ1v) is 9.68. The Balaban J connectivity index is 1.67. The minimum atomic E-state index is -0.189. The van der Waals surface area contributed by atoms with Crippen LogP contribution in [0.3, 0.4) is 0 Å². The van der Waals surface area contributed by atoms with Gasteiger partial charge in [0.15, 0.2) is 17.0 Å². The van der Waals surface area contributed by atoms with Crippen LogP contribution in [0.4, 0.5) is 5.82 Å². The minimum absolute atomic E-state index is 0.189. The predicted molar refractivity (Wildman–Crippen MR) is 109 cm³/mol. The molecular weight excluding hydrogens is 370 g/mol. The van der Waals surface area contributed by atoms with E-state index in [1.165, 1.54) is 4.68 Å². The van der Waals surface area contributed by atoms with E-state index in [9.17, 15) is 4.79 Å². The van der Waals surface area contributed by atoms with Crippen LogP contribution in [-0.2, 0) is 11.3 Å². The molecule has 5 rings (SSSR count). The van der Waals surface area contributed by atoms with Crippen molar-refractivity contribution in [2.45, 2.75) is 13.5 Å². The minimum Gasteiger partial charge on any atom is -0.378 e. The highest BCUT2D eigenvalue weighted by Gasteiger charge is 2.22. The molecule has 4 aromatic rings. The quantitative estimate of drug-likeness (QED) is 0.570. The van der Waals surface area contributed by atoms with E-state index in [1.807, 2.05) is 41.8 Å². The number of morpholine rings is 1. The summed E-state index contributed by atoms with van der Waals surface area (Å²) in [5.41, 5.74) is 2.68. The smallest absolute Gasteiger partial charge is 0.281 e. The number of aromatic nitrogens is 6. The van der Waals surface area contributed by atoms with Gasteiger partial charge in [-0.2, -0.15) is 14.6 Å². The molecule has 1 N–H and O–H groups in total. The van der Waals surface area contributed by atoms with Crippen molar-refractivity contribution in [1.82, 2.24) is 29.3 Å². The van der Waals surface area contributed by atoms with Crippen LogP contribution < -0.4 is 10.5 Å². The number of hydrogen-bond acceptors (Lipinski definition) is 6. The number of benzene rings is 1. The Morgan fingerprint density at radius 1 is 1.14 bits per heavy atom. The number of aryl methyl sites for hydroxylation is 1. The molecule has 0 amide bonds. The van der Waals surface area contributed by atoms with Crippen LogP contribution in [0.1, 0.15) is 6.92 Å². The zero-order chi connectivity index (χ0) is 19.8. The summed E-state index contributed by atoms with van der Waals surface area (Å²) in [5, 5.41) is 3.02. The fourth-order valence-electron chi connectivity index (χ4n) is 3.59. The second kappa shape index (κ2) is 7.17. The van der Waals surface area contributed by atoms with E-state index in [4.69, 9.17) is 9.72 Å². The van der Waals surface area contributed by atoms with Gasteiger partial charge in [0.05, 0.1) is 25.1 Å². The van der Waals surface area contributed by atoms with Gasteiger partial charge in [0.25, 0.3) is 11.5 Å². The molecule has 0 aliphatic carbocycles. The maximum Gasteiger partial charge on any atom is 0.281 e. The summed E-state index contributed by atoms with van der Waals surface area (Å²) in [7, 11) is 0. The zero-order valence-corrected chi connectivity index (χ0v) is 16.1. The summed E-state index contributed by atoms with van der Waals surface area (Å²) in [4.78, 5) is 29.1. The molecule has 3 aromatic heterocycles. The summed E-state index contributed by atoms with van der Waals surface area (Å²) in [6, 6.07) is 9.55. The van der Waals surface area contributed by atoms with Gasteiger partial charge in [-0.15, -0.1) is 0 Å². The summed E-state index contributed by atoms with van der Waals surface area (Å²) < 4.78 is 8.82.